The smallest absolute Gasteiger partial charge is 0.226 e. The van der Waals surface area contributed by atoms with Crippen LogP contribution in [-0.2, 0) is 10.3 Å². The van der Waals surface area contributed by atoms with Gasteiger partial charge in [0.05, 0.1) is 24.2 Å². The van der Waals surface area contributed by atoms with Gasteiger partial charge in [-0.25, -0.2) is 4.68 Å². The van der Waals surface area contributed by atoms with E-state index >= 15 is 0 Å². The minimum Gasteiger partial charge on any atom is -0.394 e. The molecule has 1 aliphatic heterocycles. The van der Waals surface area contributed by atoms with Gasteiger partial charge in [-0.3, -0.25) is 4.79 Å². The van der Waals surface area contributed by atoms with Crippen molar-refractivity contribution in [2.45, 2.75) is 76.9 Å². The normalized spacial score (nSPS) is 26.2. The third-order valence-corrected chi connectivity index (χ3v) is 5.10. The lowest BCUT2D eigenvalue weighted by Gasteiger charge is -2.32. The number of hydrogen-bond acceptors (Lipinski definition) is 5. The molecule has 0 bridgehead atoms. The van der Waals surface area contributed by atoms with E-state index in [9.17, 15) is 9.90 Å². The van der Waals surface area contributed by atoms with Crippen molar-refractivity contribution < 1.29 is 9.90 Å². The average Bonchev–Trinajstić information content (AvgIpc) is 3.23. The first-order valence-electron chi connectivity index (χ1n) is 8.65. The summed E-state index contributed by atoms with van der Waals surface area (Å²) in [6.45, 7) is 6.16. The molecule has 7 nitrogen and oxygen atoms in total. The number of aliphatic hydroxyl groups is 1. The van der Waals surface area contributed by atoms with Crippen molar-refractivity contribution in [1.82, 2.24) is 25.1 Å². The Morgan fingerprint density at radius 1 is 1.22 bits per heavy atom. The third-order valence-electron chi connectivity index (χ3n) is 5.10. The number of aromatic nitrogens is 4. The molecule has 2 heterocycles. The highest BCUT2D eigenvalue weighted by atomic mass is 16.3. The van der Waals surface area contributed by atoms with Crippen molar-refractivity contribution in [2.75, 3.05) is 6.61 Å². The number of carbonyl (C=O) groups excluding carboxylic acids is 1. The van der Waals surface area contributed by atoms with Gasteiger partial charge >= 0.3 is 0 Å². The van der Waals surface area contributed by atoms with E-state index in [4.69, 9.17) is 0 Å². The fourth-order valence-corrected chi connectivity index (χ4v) is 3.91. The molecule has 7 heteroatoms. The fourth-order valence-electron chi connectivity index (χ4n) is 3.91. The van der Waals surface area contributed by atoms with E-state index < -0.39 is 0 Å². The highest BCUT2D eigenvalue weighted by Crippen LogP contribution is 2.39. The summed E-state index contributed by atoms with van der Waals surface area (Å²) in [7, 11) is 0. The Balaban J connectivity index is 1.91. The molecule has 1 aliphatic carbocycles. The lowest BCUT2D eigenvalue weighted by molar-refractivity contribution is -0.139. The first-order valence-corrected chi connectivity index (χ1v) is 8.65. The second-order valence-corrected chi connectivity index (χ2v) is 7.78. The Kier molecular flexibility index (Phi) is 4.40. The lowest BCUT2D eigenvalue weighted by Crippen LogP contribution is -2.43. The number of carbonyl (C=O) groups is 1. The van der Waals surface area contributed by atoms with Crippen LogP contribution in [0, 0.1) is 5.92 Å². The van der Waals surface area contributed by atoms with E-state index in [0.717, 1.165) is 44.3 Å². The van der Waals surface area contributed by atoms with Crippen LogP contribution in [0.4, 0.5) is 0 Å². The lowest BCUT2D eigenvalue weighted by atomic mass is 10.0. The van der Waals surface area contributed by atoms with Crippen molar-refractivity contribution in [3.8, 4) is 0 Å². The molecule has 1 saturated carbocycles. The van der Waals surface area contributed by atoms with Crippen LogP contribution in [0.1, 0.15) is 71.2 Å². The molecule has 0 unspecified atom stereocenters. The van der Waals surface area contributed by atoms with Crippen molar-refractivity contribution in [3.63, 3.8) is 0 Å². The maximum Gasteiger partial charge on any atom is 0.226 e. The molecule has 2 atom stereocenters. The Morgan fingerprint density at radius 2 is 1.91 bits per heavy atom. The number of tetrazole rings is 1. The number of hydrogen-bond donors (Lipinski definition) is 1. The molecular formula is C16H27N5O2. The molecule has 2 fully saturated rings. The topological polar surface area (TPSA) is 84.1 Å². The van der Waals surface area contributed by atoms with Gasteiger partial charge < -0.3 is 10.0 Å². The molecule has 1 amide bonds. The minimum absolute atomic E-state index is 0.00600. The second kappa shape index (κ2) is 6.19. The van der Waals surface area contributed by atoms with Gasteiger partial charge in [-0.2, -0.15) is 0 Å². The minimum atomic E-state index is -0.238. The average molecular weight is 321 g/mol. The van der Waals surface area contributed by atoms with Gasteiger partial charge in [0, 0.05) is 5.92 Å². The van der Waals surface area contributed by atoms with E-state index in [1.807, 2.05) is 9.58 Å². The molecule has 23 heavy (non-hydrogen) atoms. The van der Waals surface area contributed by atoms with Gasteiger partial charge in [0.1, 0.15) is 0 Å². The largest absolute Gasteiger partial charge is 0.394 e. The monoisotopic (exact) mass is 321 g/mol. The summed E-state index contributed by atoms with van der Waals surface area (Å²) >= 11 is 0. The number of aliphatic hydroxyl groups excluding tert-OH is 1. The summed E-state index contributed by atoms with van der Waals surface area (Å²) in [5.41, 5.74) is -0.238. The van der Waals surface area contributed by atoms with Gasteiger partial charge in [-0.05, 0) is 56.9 Å². The molecular weight excluding hydrogens is 294 g/mol. The SMILES string of the molecule is CC(C)(C)n1nnnc1[C@H]1CC[C@@H](CO)N1C(=O)C1CCCC1. The van der Waals surface area contributed by atoms with Crippen LogP contribution in [0.3, 0.4) is 0 Å². The van der Waals surface area contributed by atoms with E-state index in [0.29, 0.717) is 0 Å². The Hall–Kier alpha value is -1.50. The number of nitrogens with zero attached hydrogens (tertiary/aromatic N) is 5. The van der Waals surface area contributed by atoms with Crippen molar-refractivity contribution >= 4 is 5.91 Å². The number of likely N-dealkylation sites (tertiary alicyclic amines) is 1. The van der Waals surface area contributed by atoms with Crippen LogP contribution in [0.5, 0.6) is 0 Å². The molecule has 1 saturated heterocycles. The van der Waals surface area contributed by atoms with E-state index in [-0.39, 0.29) is 36.1 Å². The van der Waals surface area contributed by atoms with Gasteiger partial charge in [-0.1, -0.05) is 12.8 Å². The molecule has 0 spiro atoms. The predicted octanol–water partition coefficient (Wildman–Crippen LogP) is 1.64. The van der Waals surface area contributed by atoms with Crippen LogP contribution in [-0.4, -0.2) is 48.8 Å². The first-order chi connectivity index (χ1) is 10.9. The molecule has 0 radical (unpaired) electrons. The maximum atomic E-state index is 13.0. The zero-order valence-electron chi connectivity index (χ0n) is 14.3. The summed E-state index contributed by atoms with van der Waals surface area (Å²) in [4.78, 5) is 14.9. The maximum absolute atomic E-state index is 13.0. The molecule has 2 aliphatic rings. The van der Waals surface area contributed by atoms with Crippen molar-refractivity contribution in [1.29, 1.82) is 0 Å². The summed E-state index contributed by atoms with van der Waals surface area (Å²) in [6, 6.07) is -0.243. The highest BCUT2D eigenvalue weighted by Gasteiger charge is 2.43. The molecule has 1 aromatic heterocycles. The first kappa shape index (κ1) is 16.4. The van der Waals surface area contributed by atoms with E-state index in [1.165, 1.54) is 0 Å². The number of amides is 1. The van der Waals surface area contributed by atoms with Crippen LogP contribution in [0.25, 0.3) is 0 Å². The third kappa shape index (κ3) is 2.98. The van der Waals surface area contributed by atoms with Gasteiger partial charge in [0.25, 0.3) is 0 Å². The molecule has 1 N–H and O–H groups in total. The van der Waals surface area contributed by atoms with Crippen LogP contribution >= 0.6 is 0 Å². The Morgan fingerprint density at radius 3 is 2.52 bits per heavy atom. The zero-order valence-corrected chi connectivity index (χ0v) is 14.3. The van der Waals surface area contributed by atoms with Crippen LogP contribution in [0.15, 0.2) is 0 Å². The molecule has 128 valence electrons. The predicted molar refractivity (Wildman–Crippen MR) is 84.5 cm³/mol. The summed E-state index contributed by atoms with van der Waals surface area (Å²) in [5.74, 6) is 1.01. The van der Waals surface area contributed by atoms with Crippen molar-refractivity contribution in [2.24, 2.45) is 5.92 Å². The van der Waals surface area contributed by atoms with Gasteiger partial charge in [0.2, 0.25) is 5.91 Å². The molecule has 1 aromatic rings. The molecule has 0 aromatic carbocycles. The number of rotatable bonds is 3. The summed E-state index contributed by atoms with van der Waals surface area (Å²) in [6.07, 6.45) is 5.78. The standard InChI is InChI=1S/C16H27N5O2/c1-16(2,3)21-14(17-18-19-21)13-9-8-12(10-22)20(13)15(23)11-6-4-5-7-11/h11-13,22H,4-10H2,1-3H3/t12-,13+/m0/s1. The second-order valence-electron chi connectivity index (χ2n) is 7.78. The van der Waals surface area contributed by atoms with E-state index in [2.05, 4.69) is 36.3 Å². The van der Waals surface area contributed by atoms with Crippen LogP contribution in [0.2, 0.25) is 0 Å². The Bertz CT molecular complexity index is 559. The van der Waals surface area contributed by atoms with Crippen LogP contribution < -0.4 is 0 Å². The van der Waals surface area contributed by atoms with E-state index in [1.54, 1.807) is 0 Å². The van der Waals surface area contributed by atoms with Gasteiger partial charge in [0.15, 0.2) is 5.82 Å². The highest BCUT2D eigenvalue weighted by molar-refractivity contribution is 5.80. The Labute approximate surface area is 137 Å². The van der Waals surface area contributed by atoms with Crippen molar-refractivity contribution in [3.05, 3.63) is 5.82 Å². The fraction of sp³-hybridized carbons (Fsp3) is 0.875. The molecule has 3 rings (SSSR count). The zero-order chi connectivity index (χ0) is 16.6. The van der Waals surface area contributed by atoms with Gasteiger partial charge in [-0.15, -0.1) is 5.10 Å². The quantitative estimate of drug-likeness (QED) is 0.915. The summed E-state index contributed by atoms with van der Waals surface area (Å²) < 4.78 is 1.81. The summed E-state index contributed by atoms with van der Waals surface area (Å²) in [5, 5.41) is 21.9.